The number of carbonyl (C=O) groups is 3. The van der Waals surface area contributed by atoms with Crippen LogP contribution in [-0.4, -0.2) is 17.7 Å². The summed E-state index contributed by atoms with van der Waals surface area (Å²) in [6.45, 7) is 0. The second kappa shape index (κ2) is 7.85. The molecule has 6 heteroatoms. The molecule has 0 bridgehead atoms. The number of carbonyl (C=O) groups excluding carboxylic acids is 3. The number of halogens is 1. The molecule has 4 rings (SSSR count). The van der Waals surface area contributed by atoms with Gasteiger partial charge in [0, 0.05) is 16.2 Å². The van der Waals surface area contributed by atoms with Gasteiger partial charge in [-0.1, -0.05) is 52.3 Å². The molecule has 1 aliphatic rings. The van der Waals surface area contributed by atoms with Gasteiger partial charge < -0.3 is 5.32 Å². The molecule has 0 saturated carbocycles. The Hall–Kier alpha value is -3.51. The van der Waals surface area contributed by atoms with E-state index >= 15 is 0 Å². The van der Waals surface area contributed by atoms with Crippen LogP contribution in [0.3, 0.4) is 0 Å². The number of amides is 3. The number of nitrogens with zero attached hydrogens (tertiary/aromatic N) is 1. The van der Waals surface area contributed by atoms with Gasteiger partial charge in [0.1, 0.15) is 0 Å². The molecule has 1 heterocycles. The standard InChI is InChI=1S/C23H15BrN2O3/c24-20-11-4-1-6-15(20)12-13-21(27)25-16-7-5-8-17(14-16)26-22(28)18-9-2-3-10-19(18)23(26)29/h1-14H,(H,25,27)/b13-12+. The van der Waals surface area contributed by atoms with E-state index in [4.69, 9.17) is 0 Å². The van der Waals surface area contributed by atoms with E-state index in [1.165, 1.54) is 6.08 Å². The maximum absolute atomic E-state index is 12.6. The van der Waals surface area contributed by atoms with Crippen LogP contribution in [0.25, 0.3) is 6.08 Å². The summed E-state index contributed by atoms with van der Waals surface area (Å²) in [5, 5.41) is 2.76. The fourth-order valence-corrected chi connectivity index (χ4v) is 3.52. The van der Waals surface area contributed by atoms with Crippen molar-refractivity contribution in [1.29, 1.82) is 0 Å². The quantitative estimate of drug-likeness (QED) is 0.457. The zero-order valence-electron chi connectivity index (χ0n) is 15.1. The lowest BCUT2D eigenvalue weighted by Gasteiger charge is -2.15. The van der Waals surface area contributed by atoms with E-state index in [2.05, 4.69) is 21.2 Å². The number of rotatable bonds is 4. The van der Waals surface area contributed by atoms with Gasteiger partial charge in [-0.3, -0.25) is 14.4 Å². The molecule has 3 aromatic carbocycles. The lowest BCUT2D eigenvalue weighted by atomic mass is 10.1. The lowest BCUT2D eigenvalue weighted by molar-refractivity contribution is -0.111. The minimum Gasteiger partial charge on any atom is -0.322 e. The zero-order chi connectivity index (χ0) is 20.4. The van der Waals surface area contributed by atoms with E-state index in [1.54, 1.807) is 54.6 Å². The zero-order valence-corrected chi connectivity index (χ0v) is 16.7. The highest BCUT2D eigenvalue weighted by molar-refractivity contribution is 9.10. The second-order valence-corrected chi connectivity index (χ2v) is 7.24. The number of hydrogen-bond donors (Lipinski definition) is 1. The summed E-state index contributed by atoms with van der Waals surface area (Å²) in [5.74, 6) is -1.06. The van der Waals surface area contributed by atoms with Crippen LogP contribution >= 0.6 is 15.9 Å². The van der Waals surface area contributed by atoms with E-state index in [0.717, 1.165) is 14.9 Å². The smallest absolute Gasteiger partial charge is 0.266 e. The van der Waals surface area contributed by atoms with Crippen LogP contribution in [0.15, 0.2) is 83.3 Å². The van der Waals surface area contributed by atoms with Crippen molar-refractivity contribution in [2.75, 3.05) is 10.2 Å². The first-order valence-electron chi connectivity index (χ1n) is 8.86. The van der Waals surface area contributed by atoms with Crippen LogP contribution < -0.4 is 10.2 Å². The van der Waals surface area contributed by atoms with E-state index in [9.17, 15) is 14.4 Å². The Bertz CT molecular complexity index is 1140. The molecule has 3 aromatic rings. The van der Waals surface area contributed by atoms with Crippen molar-refractivity contribution in [3.63, 3.8) is 0 Å². The van der Waals surface area contributed by atoms with Gasteiger partial charge in [0.05, 0.1) is 16.8 Å². The number of fused-ring (bicyclic) bond motifs is 1. The lowest BCUT2D eigenvalue weighted by Crippen LogP contribution is -2.29. The molecule has 5 nitrogen and oxygen atoms in total. The molecule has 0 saturated heterocycles. The van der Waals surface area contributed by atoms with Crippen molar-refractivity contribution in [2.24, 2.45) is 0 Å². The summed E-state index contributed by atoms with van der Waals surface area (Å²) >= 11 is 3.43. The molecule has 0 radical (unpaired) electrons. The van der Waals surface area contributed by atoms with Gasteiger partial charge in [0.25, 0.3) is 11.8 Å². The Kier molecular flexibility index (Phi) is 5.10. The van der Waals surface area contributed by atoms with E-state index in [-0.39, 0.29) is 17.7 Å². The monoisotopic (exact) mass is 446 g/mol. The number of benzene rings is 3. The van der Waals surface area contributed by atoms with Crippen molar-refractivity contribution in [1.82, 2.24) is 0 Å². The maximum Gasteiger partial charge on any atom is 0.266 e. The Balaban J connectivity index is 1.53. The predicted molar refractivity (Wildman–Crippen MR) is 116 cm³/mol. The molecule has 0 atom stereocenters. The Morgan fingerprint density at radius 3 is 2.21 bits per heavy atom. The van der Waals surface area contributed by atoms with Crippen molar-refractivity contribution in [3.8, 4) is 0 Å². The molecule has 0 fully saturated rings. The van der Waals surface area contributed by atoms with Gasteiger partial charge in [-0.05, 0) is 48.0 Å². The summed E-state index contributed by atoms with van der Waals surface area (Å²) in [4.78, 5) is 38.7. The summed E-state index contributed by atoms with van der Waals surface area (Å²) in [7, 11) is 0. The Morgan fingerprint density at radius 2 is 1.52 bits per heavy atom. The number of nitrogens with one attached hydrogen (secondary N) is 1. The predicted octanol–water partition coefficient (Wildman–Crippen LogP) is 4.90. The van der Waals surface area contributed by atoms with E-state index < -0.39 is 0 Å². The molecule has 29 heavy (non-hydrogen) atoms. The van der Waals surface area contributed by atoms with Crippen molar-refractivity contribution >= 4 is 51.1 Å². The summed E-state index contributed by atoms with van der Waals surface area (Å²) in [6.07, 6.45) is 3.13. The summed E-state index contributed by atoms with van der Waals surface area (Å²) < 4.78 is 0.886. The minimum atomic E-state index is -0.372. The summed E-state index contributed by atoms with van der Waals surface area (Å²) in [5.41, 5.74) is 2.53. The first kappa shape index (κ1) is 18.8. The average molecular weight is 447 g/mol. The van der Waals surface area contributed by atoms with Gasteiger partial charge >= 0.3 is 0 Å². The van der Waals surface area contributed by atoms with Gasteiger partial charge in [0.2, 0.25) is 5.91 Å². The molecule has 0 aliphatic carbocycles. The van der Waals surface area contributed by atoms with Gasteiger partial charge in [-0.2, -0.15) is 0 Å². The SMILES string of the molecule is O=C(/C=C/c1ccccc1Br)Nc1cccc(N2C(=O)c3ccccc3C2=O)c1. The molecule has 0 aromatic heterocycles. The van der Waals surface area contributed by atoms with Gasteiger partial charge in [-0.15, -0.1) is 0 Å². The first-order valence-corrected chi connectivity index (χ1v) is 9.65. The van der Waals surface area contributed by atoms with Crippen molar-refractivity contribution in [2.45, 2.75) is 0 Å². The Labute approximate surface area is 175 Å². The molecule has 142 valence electrons. The van der Waals surface area contributed by atoms with Gasteiger partial charge in [0.15, 0.2) is 0 Å². The fraction of sp³-hybridized carbons (Fsp3) is 0. The van der Waals surface area contributed by atoms with Crippen molar-refractivity contribution in [3.05, 3.63) is 100 Å². The topological polar surface area (TPSA) is 66.5 Å². The van der Waals surface area contributed by atoms with E-state index in [0.29, 0.717) is 22.5 Å². The molecular weight excluding hydrogens is 432 g/mol. The molecule has 1 N–H and O–H groups in total. The van der Waals surface area contributed by atoms with Crippen LogP contribution in [-0.2, 0) is 4.79 Å². The maximum atomic E-state index is 12.6. The normalized spacial score (nSPS) is 13.1. The Morgan fingerprint density at radius 1 is 0.862 bits per heavy atom. The fourth-order valence-electron chi connectivity index (χ4n) is 3.11. The third kappa shape index (κ3) is 3.75. The molecule has 3 amide bonds. The summed E-state index contributed by atoms with van der Waals surface area (Å²) in [6, 6.07) is 20.9. The highest BCUT2D eigenvalue weighted by Crippen LogP contribution is 2.29. The molecular formula is C23H15BrN2O3. The highest BCUT2D eigenvalue weighted by atomic mass is 79.9. The van der Waals surface area contributed by atoms with Crippen LogP contribution in [0.5, 0.6) is 0 Å². The van der Waals surface area contributed by atoms with Crippen LogP contribution in [0.1, 0.15) is 26.3 Å². The number of anilines is 2. The number of hydrogen-bond acceptors (Lipinski definition) is 3. The largest absolute Gasteiger partial charge is 0.322 e. The minimum absolute atomic E-state index is 0.319. The third-order valence-electron chi connectivity index (χ3n) is 4.49. The second-order valence-electron chi connectivity index (χ2n) is 6.39. The van der Waals surface area contributed by atoms with Gasteiger partial charge in [-0.25, -0.2) is 4.90 Å². The first-order chi connectivity index (χ1) is 14.0. The van der Waals surface area contributed by atoms with Crippen LogP contribution in [0.4, 0.5) is 11.4 Å². The molecule has 0 spiro atoms. The molecule has 0 unspecified atom stereocenters. The number of imide groups is 1. The average Bonchev–Trinajstić information content (AvgIpc) is 2.98. The molecule has 1 aliphatic heterocycles. The highest BCUT2D eigenvalue weighted by Gasteiger charge is 2.36. The van der Waals surface area contributed by atoms with Crippen molar-refractivity contribution < 1.29 is 14.4 Å². The third-order valence-corrected chi connectivity index (χ3v) is 5.21. The van der Waals surface area contributed by atoms with Crippen LogP contribution in [0, 0.1) is 0 Å². The van der Waals surface area contributed by atoms with Crippen LogP contribution in [0.2, 0.25) is 0 Å². The van der Waals surface area contributed by atoms with E-state index in [1.807, 2.05) is 24.3 Å².